The second-order valence-corrected chi connectivity index (χ2v) is 8.53. The van der Waals surface area contributed by atoms with Crippen LogP contribution >= 0.6 is 27.5 Å². The molecule has 2 amide bonds. The van der Waals surface area contributed by atoms with Crippen molar-refractivity contribution in [1.82, 2.24) is 4.90 Å². The van der Waals surface area contributed by atoms with Crippen molar-refractivity contribution in [2.75, 3.05) is 25.1 Å². The SMILES string of the molecule is CN1C(=O)[C@@H](N2CC(C(Cl)=NCc3ccccc3)=C(N)C2=O)COc2cc(Br)ccc21. The third kappa shape index (κ3) is 4.18. The van der Waals surface area contributed by atoms with Gasteiger partial charge in [0.2, 0.25) is 0 Å². The average Bonchev–Trinajstić information content (AvgIpc) is 3.00. The number of ether oxygens (including phenoxy) is 1. The summed E-state index contributed by atoms with van der Waals surface area (Å²) in [5, 5.41) is 0.166. The Morgan fingerprint density at radius 3 is 2.74 bits per heavy atom. The van der Waals surface area contributed by atoms with E-state index in [0.29, 0.717) is 23.6 Å². The standard InChI is InChI=1S/C22H20BrClN4O3/c1-27-16-8-7-14(23)9-18(16)31-12-17(21(27)29)28-11-15(19(25)22(28)30)20(24)26-10-13-5-3-2-4-6-13/h2-9,17H,10-12,25H2,1H3/t17-/m0/s1. The summed E-state index contributed by atoms with van der Waals surface area (Å²) >= 11 is 9.80. The van der Waals surface area contributed by atoms with Crippen LogP contribution in [0.3, 0.4) is 0 Å². The monoisotopic (exact) mass is 502 g/mol. The van der Waals surface area contributed by atoms with Gasteiger partial charge in [0.05, 0.1) is 18.8 Å². The van der Waals surface area contributed by atoms with Gasteiger partial charge in [-0.15, -0.1) is 0 Å². The molecule has 0 aliphatic carbocycles. The summed E-state index contributed by atoms with van der Waals surface area (Å²) in [6.07, 6.45) is 0. The minimum Gasteiger partial charge on any atom is -0.489 e. The van der Waals surface area contributed by atoms with Gasteiger partial charge in [-0.3, -0.25) is 14.6 Å². The van der Waals surface area contributed by atoms with Gasteiger partial charge in [-0.1, -0.05) is 57.9 Å². The van der Waals surface area contributed by atoms with Crippen molar-refractivity contribution in [2.24, 2.45) is 10.7 Å². The normalized spacial score (nSPS) is 19.5. The second-order valence-electron chi connectivity index (χ2n) is 7.25. The van der Waals surface area contributed by atoms with Crippen LogP contribution in [-0.4, -0.2) is 48.1 Å². The zero-order chi connectivity index (χ0) is 22.1. The van der Waals surface area contributed by atoms with Gasteiger partial charge in [0.15, 0.2) is 0 Å². The van der Waals surface area contributed by atoms with Gasteiger partial charge in [0, 0.05) is 17.1 Å². The molecule has 9 heteroatoms. The summed E-state index contributed by atoms with van der Waals surface area (Å²) in [4.78, 5) is 33.3. The van der Waals surface area contributed by atoms with Gasteiger partial charge in [-0.2, -0.15) is 0 Å². The van der Waals surface area contributed by atoms with Crippen molar-refractivity contribution >= 4 is 50.2 Å². The quantitative estimate of drug-likeness (QED) is 0.650. The maximum Gasteiger partial charge on any atom is 0.271 e. The van der Waals surface area contributed by atoms with E-state index < -0.39 is 11.9 Å². The fourth-order valence-electron chi connectivity index (χ4n) is 3.56. The van der Waals surface area contributed by atoms with Crippen molar-refractivity contribution in [3.8, 4) is 5.75 Å². The summed E-state index contributed by atoms with van der Waals surface area (Å²) in [5.74, 6) is -0.158. The van der Waals surface area contributed by atoms with Crippen molar-refractivity contribution in [2.45, 2.75) is 12.6 Å². The van der Waals surface area contributed by atoms with Crippen LogP contribution in [0, 0.1) is 0 Å². The zero-order valence-corrected chi connectivity index (χ0v) is 19.1. The molecule has 2 N–H and O–H groups in total. The predicted octanol–water partition coefficient (Wildman–Crippen LogP) is 3.07. The van der Waals surface area contributed by atoms with Gasteiger partial charge in [-0.25, -0.2) is 0 Å². The van der Waals surface area contributed by atoms with Gasteiger partial charge < -0.3 is 20.3 Å². The van der Waals surface area contributed by atoms with Crippen molar-refractivity contribution in [3.63, 3.8) is 0 Å². The lowest BCUT2D eigenvalue weighted by Crippen LogP contribution is -2.51. The molecule has 31 heavy (non-hydrogen) atoms. The maximum atomic E-state index is 13.1. The number of likely N-dealkylation sites (N-methyl/N-ethyl adjacent to an activating group) is 1. The lowest BCUT2D eigenvalue weighted by atomic mass is 10.2. The molecule has 0 spiro atoms. The number of aliphatic imine (C=N–C) groups is 1. The van der Waals surface area contributed by atoms with Crippen molar-refractivity contribution in [3.05, 3.63) is 69.8 Å². The van der Waals surface area contributed by atoms with Crippen LogP contribution in [0.2, 0.25) is 0 Å². The third-order valence-electron chi connectivity index (χ3n) is 5.31. The molecule has 0 aromatic heterocycles. The molecule has 0 fully saturated rings. The molecule has 2 aromatic rings. The molecular weight excluding hydrogens is 484 g/mol. The number of halogens is 2. The Labute approximate surface area is 193 Å². The molecule has 2 aromatic carbocycles. The highest BCUT2D eigenvalue weighted by molar-refractivity contribution is 9.10. The second kappa shape index (κ2) is 8.72. The fourth-order valence-corrected chi connectivity index (χ4v) is 4.13. The molecule has 0 radical (unpaired) electrons. The number of hydrogen-bond acceptors (Lipinski definition) is 5. The largest absolute Gasteiger partial charge is 0.489 e. The van der Waals surface area contributed by atoms with E-state index in [0.717, 1.165) is 10.0 Å². The lowest BCUT2D eigenvalue weighted by Gasteiger charge is -2.27. The van der Waals surface area contributed by atoms with Gasteiger partial charge in [0.1, 0.15) is 29.3 Å². The van der Waals surface area contributed by atoms with Crippen molar-refractivity contribution in [1.29, 1.82) is 0 Å². The van der Waals surface area contributed by atoms with E-state index in [1.54, 1.807) is 19.2 Å². The van der Waals surface area contributed by atoms with Gasteiger partial charge in [0.25, 0.3) is 11.8 Å². The number of carbonyl (C=O) groups excluding carboxylic acids is 2. The highest BCUT2D eigenvalue weighted by atomic mass is 79.9. The summed E-state index contributed by atoms with van der Waals surface area (Å²) in [7, 11) is 1.66. The van der Waals surface area contributed by atoms with Crippen LogP contribution in [-0.2, 0) is 16.1 Å². The smallest absolute Gasteiger partial charge is 0.271 e. The van der Waals surface area contributed by atoms with E-state index in [-0.39, 0.29) is 29.9 Å². The number of hydrogen-bond donors (Lipinski definition) is 1. The first-order chi connectivity index (χ1) is 14.9. The summed E-state index contributed by atoms with van der Waals surface area (Å²) < 4.78 is 6.70. The Morgan fingerprint density at radius 2 is 2.00 bits per heavy atom. The van der Waals surface area contributed by atoms with E-state index in [9.17, 15) is 9.59 Å². The topological polar surface area (TPSA) is 88.2 Å². The number of nitrogens with zero attached hydrogens (tertiary/aromatic N) is 3. The predicted molar refractivity (Wildman–Crippen MR) is 123 cm³/mol. The van der Waals surface area contributed by atoms with Gasteiger partial charge in [-0.05, 0) is 23.8 Å². The van der Waals surface area contributed by atoms with Crippen LogP contribution in [0.4, 0.5) is 5.69 Å². The van der Waals surface area contributed by atoms with Crippen LogP contribution < -0.4 is 15.4 Å². The molecule has 2 aliphatic heterocycles. The minimum absolute atomic E-state index is 0.00164. The summed E-state index contributed by atoms with van der Waals surface area (Å²) in [6.45, 7) is 0.468. The first kappa shape index (κ1) is 21.4. The number of amides is 2. The Morgan fingerprint density at radius 1 is 1.26 bits per heavy atom. The fraction of sp³-hybridized carbons (Fsp3) is 0.227. The number of anilines is 1. The molecule has 2 aliphatic rings. The molecular formula is C22H20BrClN4O3. The number of nitrogens with two attached hydrogens (primary N) is 1. The summed E-state index contributed by atoms with van der Waals surface area (Å²) in [6, 6.07) is 14.2. The summed E-state index contributed by atoms with van der Waals surface area (Å²) in [5.41, 5.74) is 8.10. The minimum atomic E-state index is -0.835. The lowest BCUT2D eigenvalue weighted by molar-refractivity contribution is -0.135. The van der Waals surface area contributed by atoms with E-state index in [1.807, 2.05) is 36.4 Å². The van der Waals surface area contributed by atoms with Crippen LogP contribution in [0.5, 0.6) is 5.75 Å². The van der Waals surface area contributed by atoms with Crippen LogP contribution in [0.15, 0.2) is 69.3 Å². The van der Waals surface area contributed by atoms with E-state index in [2.05, 4.69) is 20.9 Å². The van der Waals surface area contributed by atoms with E-state index >= 15 is 0 Å². The van der Waals surface area contributed by atoms with Crippen molar-refractivity contribution < 1.29 is 14.3 Å². The highest BCUT2D eigenvalue weighted by Crippen LogP contribution is 2.34. The highest BCUT2D eigenvalue weighted by Gasteiger charge is 2.41. The molecule has 0 saturated heterocycles. The number of benzene rings is 2. The number of fused-ring (bicyclic) bond motifs is 1. The molecule has 160 valence electrons. The third-order valence-corrected chi connectivity index (χ3v) is 6.15. The number of carbonyl (C=O) groups is 2. The molecule has 2 heterocycles. The average molecular weight is 504 g/mol. The Kier molecular flexibility index (Phi) is 6.02. The number of rotatable bonds is 4. The van der Waals surface area contributed by atoms with Gasteiger partial charge >= 0.3 is 0 Å². The van der Waals surface area contributed by atoms with E-state index in [1.165, 1.54) is 9.80 Å². The Balaban J connectivity index is 1.54. The van der Waals surface area contributed by atoms with E-state index in [4.69, 9.17) is 22.1 Å². The first-order valence-corrected chi connectivity index (χ1v) is 10.8. The molecule has 4 rings (SSSR count). The zero-order valence-electron chi connectivity index (χ0n) is 16.7. The maximum absolute atomic E-state index is 13.1. The Bertz CT molecular complexity index is 1100. The molecule has 7 nitrogen and oxygen atoms in total. The first-order valence-electron chi connectivity index (χ1n) is 9.60. The Hall–Kier alpha value is -2.84. The molecule has 0 unspecified atom stereocenters. The molecule has 0 bridgehead atoms. The molecule has 1 atom stereocenters. The molecule has 0 saturated carbocycles. The van der Waals surface area contributed by atoms with Crippen LogP contribution in [0.25, 0.3) is 0 Å². The van der Waals surface area contributed by atoms with Crippen LogP contribution in [0.1, 0.15) is 5.56 Å².